The largest absolute Gasteiger partial charge is 0.508 e. The lowest BCUT2D eigenvalue weighted by Crippen LogP contribution is -2.45. The van der Waals surface area contributed by atoms with Crippen LogP contribution in [0.4, 0.5) is 0 Å². The van der Waals surface area contributed by atoms with Crippen molar-refractivity contribution >= 4 is 21.8 Å². The third-order valence-corrected chi connectivity index (χ3v) is 5.31. The molecule has 0 spiro atoms. The van der Waals surface area contributed by atoms with E-state index in [4.69, 9.17) is 0 Å². The number of aromatic nitrogens is 2. The van der Waals surface area contributed by atoms with Crippen LogP contribution in [0.5, 0.6) is 5.75 Å². The zero-order valence-corrected chi connectivity index (χ0v) is 14.7. The van der Waals surface area contributed by atoms with Gasteiger partial charge in [-0.1, -0.05) is 30.3 Å². The second-order valence-electron chi connectivity index (χ2n) is 7.15. The number of fused-ring (bicyclic) bond motifs is 2. The van der Waals surface area contributed by atoms with Crippen molar-refractivity contribution in [2.45, 2.75) is 6.54 Å². The average molecular weight is 357 g/mol. The van der Waals surface area contributed by atoms with Crippen LogP contribution in [-0.4, -0.2) is 27.7 Å². The summed E-state index contributed by atoms with van der Waals surface area (Å²) in [5.74, 6) is 0.724. The predicted molar refractivity (Wildman–Crippen MR) is 107 cm³/mol. The van der Waals surface area contributed by atoms with Gasteiger partial charge in [0, 0.05) is 25.6 Å². The molecule has 134 valence electrons. The SMILES string of the molecule is O=c1cnc2cc(-c3cc(O)cc4ccccc34)ccc2n1CC1CNC1. The van der Waals surface area contributed by atoms with Crippen molar-refractivity contribution in [1.29, 1.82) is 0 Å². The van der Waals surface area contributed by atoms with Crippen molar-refractivity contribution in [2.24, 2.45) is 5.92 Å². The summed E-state index contributed by atoms with van der Waals surface area (Å²) >= 11 is 0. The molecule has 1 aliphatic rings. The monoisotopic (exact) mass is 357 g/mol. The lowest BCUT2D eigenvalue weighted by molar-refractivity contribution is 0.307. The molecule has 0 unspecified atom stereocenters. The Bertz CT molecular complexity index is 1230. The Morgan fingerprint density at radius 2 is 1.96 bits per heavy atom. The van der Waals surface area contributed by atoms with Crippen molar-refractivity contribution in [3.05, 3.63) is 71.1 Å². The van der Waals surface area contributed by atoms with E-state index in [1.165, 1.54) is 6.20 Å². The summed E-state index contributed by atoms with van der Waals surface area (Å²) in [6.45, 7) is 2.60. The number of rotatable bonds is 3. The first-order chi connectivity index (χ1) is 13.2. The third-order valence-electron chi connectivity index (χ3n) is 5.31. The van der Waals surface area contributed by atoms with Crippen LogP contribution in [-0.2, 0) is 6.54 Å². The standard InChI is InChI=1S/C22H19N3O2/c26-17-7-15-3-1-2-4-18(15)19(9-17)16-5-6-21-20(8-16)24-12-22(27)25(21)13-14-10-23-11-14/h1-9,12,14,23,26H,10-11,13H2. The molecule has 5 heteroatoms. The maximum atomic E-state index is 12.3. The summed E-state index contributed by atoms with van der Waals surface area (Å²) in [5.41, 5.74) is 3.49. The molecular formula is C22H19N3O2. The van der Waals surface area contributed by atoms with Crippen LogP contribution in [0.15, 0.2) is 65.6 Å². The summed E-state index contributed by atoms with van der Waals surface area (Å²) in [6.07, 6.45) is 1.40. The van der Waals surface area contributed by atoms with Gasteiger partial charge in [-0.25, -0.2) is 4.98 Å². The molecule has 4 aromatic rings. The number of hydrogen-bond acceptors (Lipinski definition) is 4. The van der Waals surface area contributed by atoms with Crippen molar-refractivity contribution in [1.82, 2.24) is 14.9 Å². The Labute approximate surface area is 155 Å². The van der Waals surface area contributed by atoms with E-state index in [1.54, 1.807) is 12.1 Å². The zero-order valence-electron chi connectivity index (χ0n) is 14.7. The molecule has 1 aromatic heterocycles. The Balaban J connectivity index is 1.68. The molecule has 1 fully saturated rings. The molecule has 3 aromatic carbocycles. The van der Waals surface area contributed by atoms with Gasteiger partial charge in [-0.2, -0.15) is 0 Å². The normalized spacial score (nSPS) is 14.5. The molecule has 0 amide bonds. The average Bonchev–Trinajstić information content (AvgIpc) is 2.64. The van der Waals surface area contributed by atoms with Crippen LogP contribution in [0.3, 0.4) is 0 Å². The van der Waals surface area contributed by atoms with E-state index in [9.17, 15) is 9.90 Å². The highest BCUT2D eigenvalue weighted by Crippen LogP contribution is 2.33. The van der Waals surface area contributed by atoms with E-state index in [2.05, 4.69) is 10.3 Å². The summed E-state index contributed by atoms with van der Waals surface area (Å²) in [4.78, 5) is 16.7. The minimum absolute atomic E-state index is 0.0649. The van der Waals surface area contributed by atoms with E-state index in [0.29, 0.717) is 12.5 Å². The molecule has 5 nitrogen and oxygen atoms in total. The van der Waals surface area contributed by atoms with E-state index in [-0.39, 0.29) is 11.3 Å². The minimum atomic E-state index is -0.0649. The topological polar surface area (TPSA) is 67.1 Å². The van der Waals surface area contributed by atoms with Gasteiger partial charge >= 0.3 is 0 Å². The first kappa shape index (κ1) is 16.0. The molecular weight excluding hydrogens is 338 g/mol. The second kappa shape index (κ2) is 6.21. The molecule has 0 atom stereocenters. The Morgan fingerprint density at radius 3 is 2.78 bits per heavy atom. The lowest BCUT2D eigenvalue weighted by Gasteiger charge is -2.28. The van der Waals surface area contributed by atoms with Gasteiger partial charge in [0.05, 0.1) is 17.2 Å². The quantitative estimate of drug-likeness (QED) is 0.591. The number of benzene rings is 3. The summed E-state index contributed by atoms with van der Waals surface area (Å²) in [6, 6.07) is 17.5. The number of nitrogens with one attached hydrogen (secondary N) is 1. The number of phenols is 1. The number of nitrogens with zero attached hydrogens (tertiary/aromatic N) is 2. The first-order valence-electron chi connectivity index (χ1n) is 9.11. The number of hydrogen-bond donors (Lipinski definition) is 2. The molecule has 27 heavy (non-hydrogen) atoms. The van der Waals surface area contributed by atoms with Gasteiger partial charge in [0.2, 0.25) is 0 Å². The first-order valence-corrected chi connectivity index (χ1v) is 9.11. The Morgan fingerprint density at radius 1 is 1.11 bits per heavy atom. The van der Waals surface area contributed by atoms with Gasteiger partial charge < -0.3 is 15.0 Å². The zero-order chi connectivity index (χ0) is 18.4. The fraction of sp³-hybridized carbons (Fsp3) is 0.182. The van der Waals surface area contributed by atoms with E-state index < -0.39 is 0 Å². The Hall–Kier alpha value is -3.18. The molecule has 1 aliphatic heterocycles. The highest BCUT2D eigenvalue weighted by Gasteiger charge is 2.19. The highest BCUT2D eigenvalue weighted by atomic mass is 16.3. The van der Waals surface area contributed by atoms with Gasteiger partial charge in [0.25, 0.3) is 5.56 Å². The third kappa shape index (κ3) is 2.76. The highest BCUT2D eigenvalue weighted by molar-refractivity contribution is 5.99. The van der Waals surface area contributed by atoms with Gasteiger partial charge in [-0.15, -0.1) is 0 Å². The minimum Gasteiger partial charge on any atom is -0.508 e. The van der Waals surface area contributed by atoms with Crippen LogP contribution in [0.2, 0.25) is 0 Å². The second-order valence-corrected chi connectivity index (χ2v) is 7.15. The molecule has 1 saturated heterocycles. The van der Waals surface area contributed by atoms with Crippen molar-refractivity contribution in [3.63, 3.8) is 0 Å². The van der Waals surface area contributed by atoms with Gasteiger partial charge in [0.15, 0.2) is 0 Å². The molecule has 2 N–H and O–H groups in total. The van der Waals surface area contributed by atoms with Gasteiger partial charge in [-0.3, -0.25) is 4.79 Å². The molecule has 0 radical (unpaired) electrons. The van der Waals surface area contributed by atoms with Crippen LogP contribution in [0, 0.1) is 5.92 Å². The summed E-state index contributed by atoms with van der Waals surface area (Å²) in [7, 11) is 0. The summed E-state index contributed by atoms with van der Waals surface area (Å²) in [5, 5.41) is 15.4. The van der Waals surface area contributed by atoms with Crippen LogP contribution in [0.1, 0.15) is 0 Å². The van der Waals surface area contributed by atoms with Gasteiger partial charge in [0.1, 0.15) is 5.75 Å². The van der Waals surface area contributed by atoms with Crippen molar-refractivity contribution in [3.8, 4) is 16.9 Å². The van der Waals surface area contributed by atoms with Crippen LogP contribution in [0.25, 0.3) is 32.9 Å². The summed E-state index contributed by atoms with van der Waals surface area (Å²) < 4.78 is 1.82. The van der Waals surface area contributed by atoms with Crippen LogP contribution >= 0.6 is 0 Å². The van der Waals surface area contributed by atoms with Crippen LogP contribution < -0.4 is 10.9 Å². The predicted octanol–water partition coefficient (Wildman–Crippen LogP) is 3.14. The molecule has 0 saturated carbocycles. The smallest absolute Gasteiger partial charge is 0.269 e. The van der Waals surface area contributed by atoms with Gasteiger partial charge in [-0.05, 0) is 46.2 Å². The van der Waals surface area contributed by atoms with Crippen molar-refractivity contribution < 1.29 is 5.11 Å². The van der Waals surface area contributed by atoms with E-state index in [1.807, 2.05) is 47.0 Å². The fourth-order valence-corrected chi connectivity index (χ4v) is 3.79. The van der Waals surface area contributed by atoms with E-state index >= 15 is 0 Å². The Kier molecular flexibility index (Phi) is 3.69. The molecule has 0 bridgehead atoms. The molecule has 2 heterocycles. The molecule has 0 aliphatic carbocycles. The van der Waals surface area contributed by atoms with E-state index in [0.717, 1.165) is 46.0 Å². The maximum absolute atomic E-state index is 12.3. The lowest BCUT2D eigenvalue weighted by atomic mass is 9.97. The maximum Gasteiger partial charge on any atom is 0.269 e. The molecule has 5 rings (SSSR count). The van der Waals surface area contributed by atoms with Crippen molar-refractivity contribution in [2.75, 3.05) is 13.1 Å². The fourth-order valence-electron chi connectivity index (χ4n) is 3.79. The number of phenolic OH excluding ortho intramolecular Hbond substituents is 1. The number of aromatic hydroxyl groups is 1.